The molecular weight excluding hydrogens is 312 g/mol. The van der Waals surface area contributed by atoms with E-state index in [2.05, 4.69) is 26.2 Å². The van der Waals surface area contributed by atoms with Gasteiger partial charge in [-0.15, -0.1) is 11.3 Å². The van der Waals surface area contributed by atoms with Crippen LogP contribution in [0.1, 0.15) is 26.5 Å². The SMILES string of the molecule is Cc1ccc(C(=O)Nc2nc(C)c(C)s2)c(Br)c1. The van der Waals surface area contributed by atoms with Crippen molar-refractivity contribution in [2.24, 2.45) is 0 Å². The van der Waals surface area contributed by atoms with E-state index in [1.807, 2.05) is 39.0 Å². The summed E-state index contributed by atoms with van der Waals surface area (Å²) in [4.78, 5) is 17.5. The first-order valence-corrected chi connectivity index (χ1v) is 7.10. The molecule has 1 heterocycles. The fourth-order valence-corrected chi connectivity index (χ4v) is 2.98. The maximum atomic E-state index is 12.1. The van der Waals surface area contributed by atoms with Gasteiger partial charge >= 0.3 is 0 Å². The van der Waals surface area contributed by atoms with Crippen LogP contribution in [0, 0.1) is 20.8 Å². The van der Waals surface area contributed by atoms with Crippen LogP contribution in [0.25, 0.3) is 0 Å². The Morgan fingerprint density at radius 2 is 2.06 bits per heavy atom. The predicted molar refractivity (Wildman–Crippen MR) is 78.4 cm³/mol. The highest BCUT2D eigenvalue weighted by Gasteiger charge is 2.12. The summed E-state index contributed by atoms with van der Waals surface area (Å²) in [5.74, 6) is -0.143. The molecule has 0 unspecified atom stereocenters. The Hall–Kier alpha value is -1.20. The third-order valence-corrected chi connectivity index (χ3v) is 4.26. The zero-order valence-corrected chi connectivity index (χ0v) is 12.8. The molecule has 3 nitrogen and oxygen atoms in total. The summed E-state index contributed by atoms with van der Waals surface area (Å²) in [5.41, 5.74) is 2.68. The quantitative estimate of drug-likeness (QED) is 0.904. The molecular formula is C13H13BrN2OS. The van der Waals surface area contributed by atoms with Gasteiger partial charge in [0.05, 0.1) is 11.3 Å². The number of hydrogen-bond donors (Lipinski definition) is 1. The fourth-order valence-electron chi connectivity index (χ4n) is 1.49. The molecule has 1 aromatic heterocycles. The Morgan fingerprint density at radius 3 is 2.61 bits per heavy atom. The van der Waals surface area contributed by atoms with E-state index in [4.69, 9.17) is 0 Å². The molecule has 0 saturated carbocycles. The molecule has 1 N–H and O–H groups in total. The number of nitrogens with one attached hydrogen (secondary N) is 1. The van der Waals surface area contributed by atoms with Gasteiger partial charge in [-0.3, -0.25) is 10.1 Å². The van der Waals surface area contributed by atoms with E-state index >= 15 is 0 Å². The lowest BCUT2D eigenvalue weighted by Gasteiger charge is -2.04. The van der Waals surface area contributed by atoms with Gasteiger partial charge in [-0.25, -0.2) is 4.98 Å². The van der Waals surface area contributed by atoms with Crippen LogP contribution in [0.4, 0.5) is 5.13 Å². The molecule has 5 heteroatoms. The molecule has 0 fully saturated rings. The van der Waals surface area contributed by atoms with E-state index in [0.717, 1.165) is 20.6 Å². The van der Waals surface area contributed by atoms with Crippen LogP contribution in [0.15, 0.2) is 22.7 Å². The summed E-state index contributed by atoms with van der Waals surface area (Å²) in [6.45, 7) is 5.91. The van der Waals surface area contributed by atoms with E-state index in [9.17, 15) is 4.79 Å². The molecule has 0 aliphatic carbocycles. The van der Waals surface area contributed by atoms with Gasteiger partial charge in [-0.05, 0) is 54.4 Å². The zero-order valence-electron chi connectivity index (χ0n) is 10.4. The maximum absolute atomic E-state index is 12.1. The van der Waals surface area contributed by atoms with Crippen LogP contribution in [0.5, 0.6) is 0 Å². The Labute approximate surface area is 118 Å². The van der Waals surface area contributed by atoms with Crippen LogP contribution < -0.4 is 5.32 Å². The highest BCUT2D eigenvalue weighted by Crippen LogP contribution is 2.23. The van der Waals surface area contributed by atoms with Crippen molar-refractivity contribution in [1.82, 2.24) is 4.98 Å². The lowest BCUT2D eigenvalue weighted by molar-refractivity contribution is 0.102. The first-order valence-electron chi connectivity index (χ1n) is 5.49. The highest BCUT2D eigenvalue weighted by molar-refractivity contribution is 9.10. The number of aryl methyl sites for hydroxylation is 3. The molecule has 0 spiro atoms. The monoisotopic (exact) mass is 324 g/mol. The van der Waals surface area contributed by atoms with Gasteiger partial charge in [-0.1, -0.05) is 6.07 Å². The van der Waals surface area contributed by atoms with Crippen LogP contribution in [0.2, 0.25) is 0 Å². The number of amides is 1. The lowest BCUT2D eigenvalue weighted by atomic mass is 10.1. The molecule has 2 aromatic rings. The average Bonchev–Trinajstić information content (AvgIpc) is 2.57. The van der Waals surface area contributed by atoms with Crippen molar-refractivity contribution in [2.45, 2.75) is 20.8 Å². The van der Waals surface area contributed by atoms with Crippen molar-refractivity contribution < 1.29 is 4.79 Å². The Balaban J connectivity index is 2.22. The predicted octanol–water partition coefficient (Wildman–Crippen LogP) is 4.08. The van der Waals surface area contributed by atoms with Crippen LogP contribution >= 0.6 is 27.3 Å². The molecule has 94 valence electrons. The second-order valence-corrected chi connectivity index (χ2v) is 6.16. The number of thiazole rings is 1. The molecule has 0 bridgehead atoms. The van der Waals surface area contributed by atoms with E-state index in [0.29, 0.717) is 10.7 Å². The molecule has 1 amide bonds. The van der Waals surface area contributed by atoms with Gasteiger partial charge in [0, 0.05) is 9.35 Å². The van der Waals surface area contributed by atoms with Crippen LogP contribution in [0.3, 0.4) is 0 Å². The van der Waals surface area contributed by atoms with Crippen molar-refractivity contribution in [3.05, 3.63) is 44.4 Å². The normalized spacial score (nSPS) is 10.4. The molecule has 1 aromatic carbocycles. The topological polar surface area (TPSA) is 42.0 Å². The van der Waals surface area contributed by atoms with Crippen molar-refractivity contribution in [3.63, 3.8) is 0 Å². The van der Waals surface area contributed by atoms with Crippen molar-refractivity contribution in [3.8, 4) is 0 Å². The molecule has 0 saturated heterocycles. The van der Waals surface area contributed by atoms with Crippen LogP contribution in [-0.2, 0) is 0 Å². The number of rotatable bonds is 2. The molecule has 0 aliphatic rings. The standard InChI is InChI=1S/C13H13BrN2OS/c1-7-4-5-10(11(14)6-7)12(17)16-13-15-8(2)9(3)18-13/h4-6H,1-3H3,(H,15,16,17). The fraction of sp³-hybridized carbons (Fsp3) is 0.231. The van der Waals surface area contributed by atoms with Crippen molar-refractivity contribution in [2.75, 3.05) is 5.32 Å². The number of aromatic nitrogens is 1. The van der Waals surface area contributed by atoms with E-state index in [1.54, 1.807) is 0 Å². The van der Waals surface area contributed by atoms with Crippen molar-refractivity contribution in [1.29, 1.82) is 0 Å². The van der Waals surface area contributed by atoms with Gasteiger partial charge in [0.2, 0.25) is 0 Å². The maximum Gasteiger partial charge on any atom is 0.258 e. The Bertz CT molecular complexity index is 588. The summed E-state index contributed by atoms with van der Waals surface area (Å²) in [6, 6.07) is 5.65. The van der Waals surface area contributed by atoms with Crippen LogP contribution in [-0.4, -0.2) is 10.9 Å². The Morgan fingerprint density at radius 1 is 1.33 bits per heavy atom. The van der Waals surface area contributed by atoms with E-state index < -0.39 is 0 Å². The molecule has 0 radical (unpaired) electrons. The average molecular weight is 325 g/mol. The number of benzene rings is 1. The van der Waals surface area contributed by atoms with Gasteiger partial charge in [0.1, 0.15) is 0 Å². The summed E-state index contributed by atoms with van der Waals surface area (Å²) in [6.07, 6.45) is 0. The minimum atomic E-state index is -0.143. The number of nitrogens with zero attached hydrogens (tertiary/aromatic N) is 1. The summed E-state index contributed by atoms with van der Waals surface area (Å²) < 4.78 is 0.796. The second-order valence-electron chi connectivity index (χ2n) is 4.10. The highest BCUT2D eigenvalue weighted by atomic mass is 79.9. The third-order valence-electron chi connectivity index (χ3n) is 2.62. The number of carbonyl (C=O) groups excluding carboxylic acids is 1. The lowest BCUT2D eigenvalue weighted by Crippen LogP contribution is -2.12. The molecule has 0 atom stereocenters. The number of hydrogen-bond acceptors (Lipinski definition) is 3. The Kier molecular flexibility index (Phi) is 3.82. The molecule has 0 aliphatic heterocycles. The summed E-state index contributed by atoms with van der Waals surface area (Å²) in [7, 11) is 0. The number of halogens is 1. The minimum absolute atomic E-state index is 0.143. The molecule has 18 heavy (non-hydrogen) atoms. The van der Waals surface area contributed by atoms with Gasteiger partial charge in [0.25, 0.3) is 5.91 Å². The van der Waals surface area contributed by atoms with Crippen molar-refractivity contribution >= 4 is 38.3 Å². The summed E-state index contributed by atoms with van der Waals surface area (Å²) >= 11 is 4.89. The van der Waals surface area contributed by atoms with E-state index in [1.165, 1.54) is 11.3 Å². The summed E-state index contributed by atoms with van der Waals surface area (Å²) in [5, 5.41) is 3.46. The largest absolute Gasteiger partial charge is 0.298 e. The first kappa shape index (κ1) is 13.2. The van der Waals surface area contributed by atoms with Gasteiger partial charge in [0.15, 0.2) is 5.13 Å². The first-order chi connectivity index (χ1) is 8.47. The number of anilines is 1. The van der Waals surface area contributed by atoms with E-state index in [-0.39, 0.29) is 5.91 Å². The molecule has 2 rings (SSSR count). The smallest absolute Gasteiger partial charge is 0.258 e. The zero-order chi connectivity index (χ0) is 13.3. The second kappa shape index (κ2) is 5.20. The number of carbonyl (C=O) groups is 1. The van der Waals surface area contributed by atoms with Gasteiger partial charge < -0.3 is 0 Å². The third kappa shape index (κ3) is 2.79. The minimum Gasteiger partial charge on any atom is -0.298 e. The van der Waals surface area contributed by atoms with Gasteiger partial charge in [-0.2, -0.15) is 0 Å².